The predicted molar refractivity (Wildman–Crippen MR) is 73.2 cm³/mol. The quantitative estimate of drug-likeness (QED) is 0.924. The van der Waals surface area contributed by atoms with Crippen LogP contribution in [-0.4, -0.2) is 12.0 Å². The molecule has 0 fully saturated rings. The van der Waals surface area contributed by atoms with Crippen molar-refractivity contribution >= 4 is 17.0 Å². The third-order valence-electron chi connectivity index (χ3n) is 2.90. The molecule has 0 unspecified atom stereocenters. The molecule has 1 aromatic carbocycles. The molecule has 1 aromatic heterocycles. The Balaban J connectivity index is 2.29. The molecule has 0 aliphatic carbocycles. The zero-order valence-electron chi connectivity index (χ0n) is 10.5. The summed E-state index contributed by atoms with van der Waals surface area (Å²) in [5, 5.41) is 0. The first-order chi connectivity index (χ1) is 8.63. The van der Waals surface area contributed by atoms with Crippen molar-refractivity contribution in [1.82, 2.24) is 4.98 Å². The van der Waals surface area contributed by atoms with Gasteiger partial charge >= 0.3 is 0 Å². The number of benzene rings is 1. The predicted octanol–water partition coefficient (Wildman–Crippen LogP) is 2.69. The highest BCUT2D eigenvalue weighted by molar-refractivity contribution is 7.09. The Labute approximate surface area is 110 Å². The van der Waals surface area contributed by atoms with E-state index in [1.54, 1.807) is 17.4 Å². The minimum atomic E-state index is -0.234. The molecule has 0 atom stereocenters. The molecule has 0 aliphatic heterocycles. The van der Waals surface area contributed by atoms with E-state index in [2.05, 4.69) is 4.98 Å². The maximum atomic E-state index is 13.9. The van der Waals surface area contributed by atoms with Gasteiger partial charge in [0.1, 0.15) is 5.82 Å². The molecule has 0 saturated carbocycles. The molecular weight excluding hydrogens is 249 g/mol. The highest BCUT2D eigenvalue weighted by Gasteiger charge is 2.14. The van der Waals surface area contributed by atoms with Crippen LogP contribution in [-0.2, 0) is 13.1 Å². The molecule has 5 heteroatoms. The van der Waals surface area contributed by atoms with Crippen molar-refractivity contribution in [1.29, 1.82) is 0 Å². The molecule has 1 heterocycles. The van der Waals surface area contributed by atoms with Crippen LogP contribution < -0.4 is 10.6 Å². The lowest BCUT2D eigenvalue weighted by molar-refractivity contribution is 0.619. The largest absolute Gasteiger partial charge is 0.367 e. The second kappa shape index (κ2) is 5.46. The first-order valence-electron chi connectivity index (χ1n) is 5.71. The number of anilines is 1. The van der Waals surface area contributed by atoms with E-state index in [4.69, 9.17) is 5.73 Å². The van der Waals surface area contributed by atoms with Gasteiger partial charge in [-0.05, 0) is 18.6 Å². The Bertz CT molecular complexity index is 539. The minimum Gasteiger partial charge on any atom is -0.367 e. The van der Waals surface area contributed by atoms with Crippen LogP contribution in [0.15, 0.2) is 23.7 Å². The Morgan fingerprint density at radius 2 is 2.22 bits per heavy atom. The number of nitrogens with two attached hydrogens (primary N) is 1. The topological polar surface area (TPSA) is 42.2 Å². The number of para-hydroxylation sites is 1. The fourth-order valence-corrected chi connectivity index (χ4v) is 2.75. The van der Waals surface area contributed by atoms with Crippen molar-refractivity contribution in [3.05, 3.63) is 45.7 Å². The Morgan fingerprint density at radius 3 is 2.83 bits per heavy atom. The molecule has 2 rings (SSSR count). The molecule has 96 valence electrons. The second-order valence-electron chi connectivity index (χ2n) is 4.17. The van der Waals surface area contributed by atoms with Crippen molar-refractivity contribution in [2.45, 2.75) is 20.0 Å². The molecule has 18 heavy (non-hydrogen) atoms. The smallest absolute Gasteiger partial charge is 0.146 e. The number of aryl methyl sites for hydroxylation is 1. The number of aromatic nitrogens is 1. The van der Waals surface area contributed by atoms with Crippen LogP contribution in [0.25, 0.3) is 0 Å². The van der Waals surface area contributed by atoms with Crippen LogP contribution >= 0.6 is 11.3 Å². The van der Waals surface area contributed by atoms with Gasteiger partial charge < -0.3 is 10.6 Å². The van der Waals surface area contributed by atoms with Crippen LogP contribution in [0, 0.1) is 12.7 Å². The van der Waals surface area contributed by atoms with Gasteiger partial charge in [0.2, 0.25) is 0 Å². The number of thiazole rings is 1. The van der Waals surface area contributed by atoms with Gasteiger partial charge in [-0.15, -0.1) is 11.3 Å². The van der Waals surface area contributed by atoms with Gasteiger partial charge in [-0.1, -0.05) is 12.1 Å². The summed E-state index contributed by atoms with van der Waals surface area (Å²) in [6.07, 6.45) is 0. The van der Waals surface area contributed by atoms with Crippen molar-refractivity contribution in [2.24, 2.45) is 5.73 Å². The zero-order valence-corrected chi connectivity index (χ0v) is 11.3. The molecule has 0 bridgehead atoms. The standard InChI is InChI=1S/C13H16FN3S/c1-9-12(18-8-16-9)7-17(2)13-10(6-15)4-3-5-11(13)14/h3-5,8H,6-7,15H2,1-2H3. The summed E-state index contributed by atoms with van der Waals surface area (Å²) in [7, 11) is 1.87. The van der Waals surface area contributed by atoms with E-state index in [1.165, 1.54) is 6.07 Å². The lowest BCUT2D eigenvalue weighted by atomic mass is 10.1. The highest BCUT2D eigenvalue weighted by atomic mass is 32.1. The summed E-state index contributed by atoms with van der Waals surface area (Å²) in [5.74, 6) is -0.234. The van der Waals surface area contributed by atoms with Gasteiger partial charge in [0.25, 0.3) is 0 Å². The van der Waals surface area contributed by atoms with Crippen molar-refractivity contribution in [2.75, 3.05) is 11.9 Å². The molecule has 0 amide bonds. The lowest BCUT2D eigenvalue weighted by Gasteiger charge is -2.22. The number of rotatable bonds is 4. The Morgan fingerprint density at radius 1 is 1.44 bits per heavy atom. The average molecular weight is 265 g/mol. The van der Waals surface area contributed by atoms with E-state index < -0.39 is 0 Å². The van der Waals surface area contributed by atoms with Gasteiger partial charge in [-0.2, -0.15) is 0 Å². The third kappa shape index (κ3) is 2.52. The van der Waals surface area contributed by atoms with Crippen molar-refractivity contribution in [3.8, 4) is 0 Å². The fraction of sp³-hybridized carbons (Fsp3) is 0.308. The van der Waals surface area contributed by atoms with Gasteiger partial charge in [0.15, 0.2) is 0 Å². The summed E-state index contributed by atoms with van der Waals surface area (Å²) >= 11 is 1.59. The fourth-order valence-electron chi connectivity index (χ4n) is 1.92. The molecule has 0 aliphatic rings. The molecule has 0 spiro atoms. The van der Waals surface area contributed by atoms with Gasteiger partial charge in [0, 0.05) is 18.5 Å². The van der Waals surface area contributed by atoms with Crippen LogP contribution in [0.3, 0.4) is 0 Å². The van der Waals surface area contributed by atoms with E-state index >= 15 is 0 Å². The summed E-state index contributed by atoms with van der Waals surface area (Å²) < 4.78 is 13.9. The number of hydrogen-bond donors (Lipinski definition) is 1. The SMILES string of the molecule is Cc1ncsc1CN(C)c1c(F)cccc1CN. The lowest BCUT2D eigenvalue weighted by Crippen LogP contribution is -2.20. The van der Waals surface area contributed by atoms with Crippen LogP contribution in [0.5, 0.6) is 0 Å². The normalized spacial score (nSPS) is 10.7. The molecule has 2 aromatic rings. The maximum absolute atomic E-state index is 13.9. The average Bonchev–Trinajstić information content (AvgIpc) is 2.74. The molecular formula is C13H16FN3S. The van der Waals surface area contributed by atoms with E-state index in [0.717, 1.165) is 16.1 Å². The number of hydrogen-bond acceptors (Lipinski definition) is 4. The molecule has 2 N–H and O–H groups in total. The highest BCUT2D eigenvalue weighted by Crippen LogP contribution is 2.26. The summed E-state index contributed by atoms with van der Waals surface area (Å²) in [6.45, 7) is 2.94. The van der Waals surface area contributed by atoms with Crippen LogP contribution in [0.4, 0.5) is 10.1 Å². The molecule has 3 nitrogen and oxygen atoms in total. The van der Waals surface area contributed by atoms with Gasteiger partial charge in [0.05, 0.1) is 23.4 Å². The van der Waals surface area contributed by atoms with E-state index in [1.807, 2.05) is 30.4 Å². The number of halogens is 1. The number of nitrogens with zero attached hydrogens (tertiary/aromatic N) is 2. The van der Waals surface area contributed by atoms with Crippen molar-refractivity contribution in [3.63, 3.8) is 0 Å². The first kappa shape index (κ1) is 13.0. The minimum absolute atomic E-state index is 0.234. The van der Waals surface area contributed by atoms with Gasteiger partial charge in [-0.3, -0.25) is 0 Å². The van der Waals surface area contributed by atoms with Gasteiger partial charge in [-0.25, -0.2) is 9.37 Å². The van der Waals surface area contributed by atoms with Crippen LogP contribution in [0.2, 0.25) is 0 Å². The second-order valence-corrected chi connectivity index (χ2v) is 5.11. The Hall–Kier alpha value is -1.46. The zero-order chi connectivity index (χ0) is 13.1. The third-order valence-corrected chi connectivity index (χ3v) is 3.82. The first-order valence-corrected chi connectivity index (χ1v) is 6.59. The summed E-state index contributed by atoms with van der Waals surface area (Å²) in [4.78, 5) is 7.23. The van der Waals surface area contributed by atoms with Crippen molar-refractivity contribution < 1.29 is 4.39 Å². The van der Waals surface area contributed by atoms with E-state index in [9.17, 15) is 4.39 Å². The van der Waals surface area contributed by atoms with E-state index in [-0.39, 0.29) is 5.82 Å². The molecule has 0 radical (unpaired) electrons. The maximum Gasteiger partial charge on any atom is 0.146 e. The molecule has 0 saturated heterocycles. The Kier molecular flexibility index (Phi) is 3.93. The van der Waals surface area contributed by atoms with E-state index in [0.29, 0.717) is 18.8 Å². The summed E-state index contributed by atoms with van der Waals surface area (Å²) in [5.41, 5.74) is 9.86. The monoisotopic (exact) mass is 265 g/mol. The summed E-state index contributed by atoms with van der Waals surface area (Å²) in [6, 6.07) is 5.01. The van der Waals surface area contributed by atoms with Crippen LogP contribution in [0.1, 0.15) is 16.1 Å².